The molecule has 1 aromatic heterocycles. The molecule has 1 aliphatic heterocycles. The lowest BCUT2D eigenvalue weighted by molar-refractivity contribution is -0.116. The zero-order chi connectivity index (χ0) is 26.9. The molecule has 0 spiro atoms. The Hall–Kier alpha value is -4.49. The largest absolute Gasteiger partial charge is 0.497 e. The Labute approximate surface area is 231 Å². The monoisotopic (exact) mass is 539 g/mol. The number of halogens is 1. The van der Waals surface area contributed by atoms with E-state index < -0.39 is 6.04 Å². The highest BCUT2D eigenvalue weighted by molar-refractivity contribution is 6.30. The van der Waals surface area contributed by atoms with Crippen LogP contribution in [0.2, 0.25) is 5.02 Å². The number of methoxy groups -OCH3 is 1. The smallest absolute Gasteiger partial charge is 0.327 e. The lowest BCUT2D eigenvalue weighted by atomic mass is 9.80. The van der Waals surface area contributed by atoms with Gasteiger partial charge in [-0.3, -0.25) is 9.69 Å². The van der Waals surface area contributed by atoms with Gasteiger partial charge in [0.25, 0.3) is 0 Å². The predicted octanol–water partition coefficient (Wildman–Crippen LogP) is 7.55. The van der Waals surface area contributed by atoms with Crippen LogP contribution >= 0.6 is 11.6 Å². The third-order valence-electron chi connectivity index (χ3n) is 7.18. The van der Waals surface area contributed by atoms with E-state index in [9.17, 15) is 9.59 Å². The molecule has 2 amide bonds. The number of fused-ring (bicyclic) bond motifs is 1. The van der Waals surface area contributed by atoms with Gasteiger partial charge in [-0.2, -0.15) is 0 Å². The van der Waals surface area contributed by atoms with Gasteiger partial charge in [-0.15, -0.1) is 0 Å². The standard InChI is InChI=1S/C31H26ClN3O4/c1-38-23-14-12-22(13-15-23)33-31(37)35-26-6-3-2-5-24(26)34-25-17-20(28-7-4-16-39-28)18-27(36)29(25)30(35)19-8-10-21(32)11-9-19/h2-16,20,30,34H,17-18H2,1H3,(H,33,37)/t20-,30+/m1/s1. The van der Waals surface area contributed by atoms with E-state index in [1.54, 1.807) is 54.7 Å². The Morgan fingerprint density at radius 1 is 1.00 bits per heavy atom. The summed E-state index contributed by atoms with van der Waals surface area (Å²) in [4.78, 5) is 29.7. The zero-order valence-electron chi connectivity index (χ0n) is 21.2. The average molecular weight is 540 g/mol. The van der Waals surface area contributed by atoms with Crippen LogP contribution in [0, 0.1) is 0 Å². The van der Waals surface area contributed by atoms with Gasteiger partial charge in [-0.05, 0) is 72.6 Å². The summed E-state index contributed by atoms with van der Waals surface area (Å²) in [6, 6.07) is 24.7. The van der Waals surface area contributed by atoms with Crippen LogP contribution in [0.15, 0.2) is 107 Å². The van der Waals surface area contributed by atoms with E-state index in [0.717, 1.165) is 22.7 Å². The number of para-hydroxylation sites is 2. The van der Waals surface area contributed by atoms with Crippen LogP contribution in [-0.4, -0.2) is 18.9 Å². The number of ketones is 1. The Balaban J connectivity index is 1.49. The van der Waals surface area contributed by atoms with Crippen LogP contribution in [0.4, 0.5) is 21.9 Å². The molecule has 8 heteroatoms. The summed E-state index contributed by atoms with van der Waals surface area (Å²) in [7, 11) is 1.59. The van der Waals surface area contributed by atoms with Crippen LogP contribution < -0.4 is 20.3 Å². The fraction of sp³-hybridized carbons (Fsp3) is 0.161. The number of furan rings is 1. The lowest BCUT2D eigenvalue weighted by Crippen LogP contribution is -2.41. The molecular formula is C31H26ClN3O4. The van der Waals surface area contributed by atoms with E-state index in [1.165, 1.54) is 0 Å². The van der Waals surface area contributed by atoms with E-state index in [-0.39, 0.29) is 24.2 Å². The number of rotatable bonds is 4. The minimum absolute atomic E-state index is 0.0415. The second-order valence-corrected chi connectivity index (χ2v) is 10.00. The molecule has 39 heavy (non-hydrogen) atoms. The van der Waals surface area contributed by atoms with Crippen LogP contribution in [0.1, 0.15) is 36.1 Å². The number of nitrogens with zero attached hydrogens (tertiary/aromatic N) is 1. The number of nitrogens with one attached hydrogen (secondary N) is 2. The minimum atomic E-state index is -0.684. The molecule has 0 radical (unpaired) electrons. The lowest BCUT2D eigenvalue weighted by Gasteiger charge is -2.34. The molecule has 0 saturated carbocycles. The molecule has 7 nitrogen and oxygen atoms in total. The van der Waals surface area contributed by atoms with E-state index in [4.69, 9.17) is 20.8 Å². The number of carbonyl (C=O) groups excluding carboxylic acids is 2. The van der Waals surface area contributed by atoms with Gasteiger partial charge in [0.2, 0.25) is 0 Å². The summed E-state index contributed by atoms with van der Waals surface area (Å²) in [5, 5.41) is 7.10. The van der Waals surface area contributed by atoms with Crippen LogP contribution in [0.25, 0.3) is 0 Å². The fourth-order valence-corrected chi connectivity index (χ4v) is 5.48. The third-order valence-corrected chi connectivity index (χ3v) is 7.43. The molecule has 0 unspecified atom stereocenters. The number of ether oxygens (including phenoxy) is 1. The van der Waals surface area contributed by atoms with Crippen molar-refractivity contribution >= 4 is 40.5 Å². The van der Waals surface area contributed by atoms with Gasteiger partial charge in [0.15, 0.2) is 5.78 Å². The van der Waals surface area contributed by atoms with Crippen molar-refractivity contribution in [1.29, 1.82) is 0 Å². The summed E-state index contributed by atoms with van der Waals surface area (Å²) >= 11 is 6.23. The Kier molecular flexibility index (Phi) is 6.59. The van der Waals surface area contributed by atoms with Crippen LogP contribution in [-0.2, 0) is 4.79 Å². The number of carbonyl (C=O) groups is 2. The minimum Gasteiger partial charge on any atom is -0.497 e. The molecule has 4 aromatic rings. The highest BCUT2D eigenvalue weighted by atomic mass is 35.5. The van der Waals surface area contributed by atoms with Gasteiger partial charge in [-0.25, -0.2) is 4.79 Å². The number of Topliss-reactive ketones (excluding diaryl/α,β-unsaturated/α-hetero) is 1. The van der Waals surface area contributed by atoms with Gasteiger partial charge in [0, 0.05) is 34.3 Å². The van der Waals surface area contributed by atoms with Gasteiger partial charge >= 0.3 is 6.03 Å². The van der Waals surface area contributed by atoms with Crippen molar-refractivity contribution in [3.63, 3.8) is 0 Å². The van der Waals surface area contributed by atoms with E-state index in [2.05, 4.69) is 10.6 Å². The van der Waals surface area contributed by atoms with Crippen LogP contribution in [0.5, 0.6) is 5.75 Å². The molecule has 196 valence electrons. The second-order valence-electron chi connectivity index (χ2n) is 9.56. The zero-order valence-corrected chi connectivity index (χ0v) is 21.9. The molecule has 0 bridgehead atoms. The first-order valence-corrected chi connectivity index (χ1v) is 13.0. The maximum absolute atomic E-state index is 14.1. The molecule has 2 atom stereocenters. The Morgan fingerprint density at radius 3 is 2.49 bits per heavy atom. The average Bonchev–Trinajstić information content (AvgIpc) is 3.44. The summed E-state index contributed by atoms with van der Waals surface area (Å²) in [5.41, 5.74) is 4.10. The number of hydrogen-bond acceptors (Lipinski definition) is 5. The second kappa shape index (κ2) is 10.3. The maximum atomic E-state index is 14.1. The van der Waals surface area contributed by atoms with Crippen molar-refractivity contribution in [2.75, 3.05) is 22.6 Å². The van der Waals surface area contributed by atoms with E-state index in [1.807, 2.05) is 48.5 Å². The summed E-state index contributed by atoms with van der Waals surface area (Å²) in [6.45, 7) is 0. The fourth-order valence-electron chi connectivity index (χ4n) is 5.36. The molecule has 6 rings (SSSR count). The van der Waals surface area contributed by atoms with Crippen molar-refractivity contribution in [3.8, 4) is 5.75 Å². The van der Waals surface area contributed by atoms with Crippen molar-refractivity contribution < 1.29 is 18.7 Å². The summed E-state index contributed by atoms with van der Waals surface area (Å²) in [6.07, 6.45) is 2.48. The van der Waals surface area contributed by atoms with Crippen molar-refractivity contribution in [2.45, 2.75) is 24.8 Å². The summed E-state index contributed by atoms with van der Waals surface area (Å²) < 4.78 is 10.9. The predicted molar refractivity (Wildman–Crippen MR) is 151 cm³/mol. The highest BCUT2D eigenvalue weighted by Gasteiger charge is 2.42. The van der Waals surface area contributed by atoms with Crippen LogP contribution in [0.3, 0.4) is 0 Å². The first-order chi connectivity index (χ1) is 19.0. The van der Waals surface area contributed by atoms with Gasteiger partial charge < -0.3 is 19.8 Å². The molecule has 3 aromatic carbocycles. The number of hydrogen-bond donors (Lipinski definition) is 2. The molecule has 2 heterocycles. The Morgan fingerprint density at radius 2 is 1.77 bits per heavy atom. The SMILES string of the molecule is COc1ccc(NC(=O)N2c3ccccc3NC3=C(C(=O)C[C@H](c4ccco4)C3)[C@@H]2c2ccc(Cl)cc2)cc1. The summed E-state index contributed by atoms with van der Waals surface area (Å²) in [5.74, 6) is 1.31. The third kappa shape index (κ3) is 4.77. The van der Waals surface area contributed by atoms with Gasteiger partial charge in [0.1, 0.15) is 11.5 Å². The number of amides is 2. The van der Waals surface area contributed by atoms with Crippen molar-refractivity contribution in [3.05, 3.63) is 119 Å². The number of benzene rings is 3. The number of urea groups is 1. The number of allylic oxidation sites excluding steroid dienone is 1. The topological polar surface area (TPSA) is 83.8 Å². The Bertz CT molecular complexity index is 1550. The normalized spacial score (nSPS) is 18.5. The molecular weight excluding hydrogens is 514 g/mol. The maximum Gasteiger partial charge on any atom is 0.327 e. The molecule has 0 saturated heterocycles. The highest BCUT2D eigenvalue weighted by Crippen LogP contribution is 2.47. The van der Waals surface area contributed by atoms with Gasteiger partial charge in [-0.1, -0.05) is 35.9 Å². The first kappa shape index (κ1) is 24.8. The quantitative estimate of drug-likeness (QED) is 0.280. The van der Waals surface area contributed by atoms with E-state index in [0.29, 0.717) is 34.1 Å². The molecule has 2 aliphatic rings. The van der Waals surface area contributed by atoms with Crippen molar-refractivity contribution in [1.82, 2.24) is 0 Å². The molecule has 2 N–H and O–H groups in total. The number of anilines is 3. The van der Waals surface area contributed by atoms with Crippen molar-refractivity contribution in [2.24, 2.45) is 0 Å². The van der Waals surface area contributed by atoms with E-state index >= 15 is 0 Å². The molecule has 0 fully saturated rings. The first-order valence-electron chi connectivity index (χ1n) is 12.7. The molecule has 1 aliphatic carbocycles. The van der Waals surface area contributed by atoms with Gasteiger partial charge in [0.05, 0.1) is 30.8 Å².